The molecule has 100 valence electrons. The molecule has 1 aromatic rings. The number of sulfone groups is 1. The fourth-order valence-corrected chi connectivity index (χ4v) is 2.65. The minimum atomic E-state index is -3.49. The molecule has 0 unspecified atom stereocenters. The van der Waals surface area contributed by atoms with E-state index in [0.29, 0.717) is 11.3 Å². The molecule has 0 saturated heterocycles. The Hall–Kier alpha value is -1.56. The molecule has 0 fully saturated rings. The van der Waals surface area contributed by atoms with Crippen LogP contribution in [0.5, 0.6) is 5.75 Å². The van der Waals surface area contributed by atoms with Crippen LogP contribution in [0.3, 0.4) is 0 Å². The van der Waals surface area contributed by atoms with E-state index in [1.807, 2.05) is 0 Å². The number of carbonyl (C=O) groups is 1. The average Bonchev–Trinajstić information content (AvgIpc) is 2.29. The topological polar surface area (TPSA) is 69.7 Å². The third-order valence-electron chi connectivity index (χ3n) is 2.19. The summed E-state index contributed by atoms with van der Waals surface area (Å²) in [5, 5.41) is 0. The maximum Gasteiger partial charge on any atom is 0.321 e. The third-order valence-corrected chi connectivity index (χ3v) is 3.64. The number of hydrogen-bond acceptors (Lipinski definition) is 5. The molecule has 6 heteroatoms. The molecule has 0 amide bonds. The normalized spacial score (nSPS) is 11.0. The Labute approximate surface area is 107 Å². The molecule has 0 aromatic heterocycles. The molecule has 1 aromatic carbocycles. The Morgan fingerprint density at radius 1 is 1.22 bits per heavy atom. The van der Waals surface area contributed by atoms with Gasteiger partial charge in [-0.15, -0.1) is 0 Å². The second kappa shape index (κ2) is 6.39. The number of ether oxygens (including phenoxy) is 2. The van der Waals surface area contributed by atoms with Crippen LogP contribution in [0.25, 0.3) is 0 Å². The molecule has 0 radical (unpaired) electrons. The molecule has 1 rings (SSSR count). The number of esters is 1. The first-order valence-electron chi connectivity index (χ1n) is 5.46. The minimum Gasteiger partial charge on any atom is -0.497 e. The highest BCUT2D eigenvalue weighted by Crippen LogP contribution is 2.13. The largest absolute Gasteiger partial charge is 0.497 e. The first-order chi connectivity index (χ1) is 8.46. The smallest absolute Gasteiger partial charge is 0.321 e. The van der Waals surface area contributed by atoms with Crippen LogP contribution in [-0.4, -0.2) is 33.9 Å². The van der Waals surface area contributed by atoms with Gasteiger partial charge in [0.15, 0.2) is 9.84 Å². The van der Waals surface area contributed by atoms with Gasteiger partial charge < -0.3 is 9.47 Å². The molecule has 0 atom stereocenters. The van der Waals surface area contributed by atoms with Gasteiger partial charge in [0, 0.05) is 0 Å². The van der Waals surface area contributed by atoms with Gasteiger partial charge in [0.1, 0.15) is 11.5 Å². The molecular formula is C12H16O5S. The zero-order valence-electron chi connectivity index (χ0n) is 10.4. The van der Waals surface area contributed by atoms with Crippen LogP contribution in [0.1, 0.15) is 12.5 Å². The molecule has 5 nitrogen and oxygen atoms in total. The molecule has 0 aliphatic heterocycles. The molecular weight excluding hydrogens is 256 g/mol. The van der Waals surface area contributed by atoms with Crippen LogP contribution in [0.4, 0.5) is 0 Å². The molecule has 0 spiro atoms. The van der Waals surface area contributed by atoms with Crippen LogP contribution in [0, 0.1) is 0 Å². The van der Waals surface area contributed by atoms with Gasteiger partial charge in [-0.1, -0.05) is 12.1 Å². The van der Waals surface area contributed by atoms with Gasteiger partial charge in [0.05, 0.1) is 19.5 Å². The van der Waals surface area contributed by atoms with Crippen molar-refractivity contribution < 1.29 is 22.7 Å². The van der Waals surface area contributed by atoms with Crippen LogP contribution >= 0.6 is 0 Å². The maximum absolute atomic E-state index is 11.7. The van der Waals surface area contributed by atoms with E-state index in [-0.39, 0.29) is 12.4 Å². The monoisotopic (exact) mass is 272 g/mol. The van der Waals surface area contributed by atoms with Crippen molar-refractivity contribution in [2.75, 3.05) is 19.5 Å². The first-order valence-corrected chi connectivity index (χ1v) is 7.28. The van der Waals surface area contributed by atoms with Crippen molar-refractivity contribution in [2.24, 2.45) is 0 Å². The first kappa shape index (κ1) is 14.5. The van der Waals surface area contributed by atoms with Crippen LogP contribution in [0.15, 0.2) is 24.3 Å². The van der Waals surface area contributed by atoms with Crippen LogP contribution in [-0.2, 0) is 25.1 Å². The zero-order chi connectivity index (χ0) is 13.6. The Morgan fingerprint density at radius 2 is 1.83 bits per heavy atom. The van der Waals surface area contributed by atoms with E-state index in [2.05, 4.69) is 4.74 Å². The van der Waals surface area contributed by atoms with E-state index in [1.54, 1.807) is 31.2 Å². The summed E-state index contributed by atoms with van der Waals surface area (Å²) in [7, 11) is -1.96. The second-order valence-electron chi connectivity index (χ2n) is 3.69. The van der Waals surface area contributed by atoms with E-state index in [1.165, 1.54) is 7.11 Å². The summed E-state index contributed by atoms with van der Waals surface area (Å²) in [6.45, 7) is 1.81. The third kappa shape index (κ3) is 4.75. The molecule has 0 heterocycles. The Balaban J connectivity index is 2.67. The Bertz CT molecular complexity index is 490. The Kier molecular flexibility index (Phi) is 5.15. The lowest BCUT2D eigenvalue weighted by Gasteiger charge is -2.05. The summed E-state index contributed by atoms with van der Waals surface area (Å²) in [4.78, 5) is 11.1. The van der Waals surface area contributed by atoms with Gasteiger partial charge in [-0.3, -0.25) is 4.79 Å². The summed E-state index contributed by atoms with van der Waals surface area (Å²) in [5.41, 5.74) is 0.611. The summed E-state index contributed by atoms with van der Waals surface area (Å²) in [5.74, 6) is -0.838. The highest BCUT2D eigenvalue weighted by molar-refractivity contribution is 7.91. The molecule has 0 aliphatic carbocycles. The van der Waals surface area contributed by atoms with Crippen molar-refractivity contribution >= 4 is 15.8 Å². The summed E-state index contributed by atoms with van der Waals surface area (Å²) >= 11 is 0. The highest BCUT2D eigenvalue weighted by Gasteiger charge is 2.18. The number of hydrogen-bond donors (Lipinski definition) is 0. The van der Waals surface area contributed by atoms with Crippen molar-refractivity contribution in [3.8, 4) is 5.75 Å². The summed E-state index contributed by atoms with van der Waals surface area (Å²) in [6, 6.07) is 6.66. The van der Waals surface area contributed by atoms with Crippen LogP contribution in [0.2, 0.25) is 0 Å². The van der Waals surface area contributed by atoms with Crippen molar-refractivity contribution in [2.45, 2.75) is 12.7 Å². The lowest BCUT2D eigenvalue weighted by atomic mass is 10.2. The van der Waals surface area contributed by atoms with Gasteiger partial charge >= 0.3 is 5.97 Å². The summed E-state index contributed by atoms with van der Waals surface area (Å²) in [6.07, 6.45) is 0. The van der Waals surface area contributed by atoms with Crippen LogP contribution < -0.4 is 4.74 Å². The average molecular weight is 272 g/mol. The minimum absolute atomic E-state index is 0.177. The van der Waals surface area contributed by atoms with Crippen molar-refractivity contribution in [3.63, 3.8) is 0 Å². The van der Waals surface area contributed by atoms with E-state index in [4.69, 9.17) is 4.74 Å². The van der Waals surface area contributed by atoms with Gasteiger partial charge in [-0.2, -0.15) is 0 Å². The number of benzene rings is 1. The zero-order valence-corrected chi connectivity index (χ0v) is 11.2. The van der Waals surface area contributed by atoms with Gasteiger partial charge in [-0.25, -0.2) is 8.42 Å². The fraction of sp³-hybridized carbons (Fsp3) is 0.417. The molecule has 0 bridgehead atoms. The van der Waals surface area contributed by atoms with E-state index < -0.39 is 21.6 Å². The highest BCUT2D eigenvalue weighted by atomic mass is 32.2. The molecule has 0 saturated carbocycles. The second-order valence-corrected chi connectivity index (χ2v) is 5.75. The van der Waals surface area contributed by atoms with Gasteiger partial charge in [-0.05, 0) is 24.6 Å². The Morgan fingerprint density at radius 3 is 2.33 bits per heavy atom. The fourth-order valence-electron chi connectivity index (χ4n) is 1.41. The number of carbonyl (C=O) groups excluding carboxylic acids is 1. The molecule has 0 N–H and O–H groups in total. The molecule has 18 heavy (non-hydrogen) atoms. The predicted molar refractivity (Wildman–Crippen MR) is 67.1 cm³/mol. The van der Waals surface area contributed by atoms with Crippen molar-refractivity contribution in [1.29, 1.82) is 0 Å². The van der Waals surface area contributed by atoms with Gasteiger partial charge in [0.25, 0.3) is 0 Å². The van der Waals surface area contributed by atoms with E-state index >= 15 is 0 Å². The maximum atomic E-state index is 11.7. The summed E-state index contributed by atoms with van der Waals surface area (Å²) < 4.78 is 33.0. The van der Waals surface area contributed by atoms with E-state index in [0.717, 1.165) is 0 Å². The predicted octanol–water partition coefficient (Wildman–Crippen LogP) is 1.17. The molecule has 0 aliphatic rings. The van der Waals surface area contributed by atoms with E-state index in [9.17, 15) is 13.2 Å². The van der Waals surface area contributed by atoms with Crippen molar-refractivity contribution in [3.05, 3.63) is 29.8 Å². The van der Waals surface area contributed by atoms with Gasteiger partial charge in [0.2, 0.25) is 0 Å². The van der Waals surface area contributed by atoms with Crippen molar-refractivity contribution in [1.82, 2.24) is 0 Å². The number of methoxy groups -OCH3 is 1. The standard InChI is InChI=1S/C12H16O5S/c1-3-17-12(13)9-18(14,15)8-10-4-6-11(16-2)7-5-10/h4-7H,3,8-9H2,1-2H3. The lowest BCUT2D eigenvalue weighted by Crippen LogP contribution is -2.19. The number of rotatable bonds is 6. The quantitative estimate of drug-likeness (QED) is 0.727. The SMILES string of the molecule is CCOC(=O)CS(=O)(=O)Cc1ccc(OC)cc1. The lowest BCUT2D eigenvalue weighted by molar-refractivity contribution is -0.139.